The second kappa shape index (κ2) is 7.04. The minimum absolute atomic E-state index is 0.0267. The van der Waals surface area contributed by atoms with Crippen molar-refractivity contribution >= 4 is 34.3 Å². The number of rotatable bonds is 3. The lowest BCUT2D eigenvalue weighted by Crippen LogP contribution is -2.48. The number of hydrogen-bond acceptors (Lipinski definition) is 7. The number of nitro groups is 1. The Labute approximate surface area is 166 Å². The number of fused-ring (bicyclic) bond motifs is 1. The second-order valence-corrected chi connectivity index (χ2v) is 7.03. The number of aromatic nitrogens is 3. The van der Waals surface area contributed by atoms with Gasteiger partial charge >= 0.3 is 0 Å². The third kappa shape index (κ3) is 3.33. The lowest BCUT2D eigenvalue weighted by Gasteiger charge is -2.35. The summed E-state index contributed by atoms with van der Waals surface area (Å²) < 4.78 is 1.63. The monoisotopic (exact) mass is 395 g/mol. The number of nitrogens with two attached hydrogens (primary N) is 1. The van der Waals surface area contributed by atoms with E-state index in [0.717, 1.165) is 16.9 Å². The van der Waals surface area contributed by atoms with Gasteiger partial charge in [-0.15, -0.1) is 0 Å². The van der Waals surface area contributed by atoms with Gasteiger partial charge in [0, 0.05) is 57.8 Å². The minimum Gasteiger partial charge on any atom is -0.382 e. The molecule has 0 saturated carbocycles. The van der Waals surface area contributed by atoms with Crippen molar-refractivity contribution < 1.29 is 9.72 Å². The van der Waals surface area contributed by atoms with Crippen LogP contribution in [-0.4, -0.2) is 56.7 Å². The lowest BCUT2D eigenvalue weighted by atomic mass is 10.0. The van der Waals surface area contributed by atoms with E-state index in [4.69, 9.17) is 10.7 Å². The number of carbonyl (C=O) groups is 1. The largest absolute Gasteiger partial charge is 0.382 e. The number of piperazine rings is 1. The van der Waals surface area contributed by atoms with Crippen LogP contribution in [0.4, 0.5) is 17.3 Å². The normalized spacial score (nSPS) is 14.4. The number of nitrogen functional groups attached to an aromatic ring is 1. The van der Waals surface area contributed by atoms with Crippen molar-refractivity contribution in [2.75, 3.05) is 36.8 Å². The molecule has 0 unspecified atom stereocenters. The zero-order chi connectivity index (χ0) is 20.7. The average Bonchev–Trinajstić information content (AvgIpc) is 3.01. The first-order valence-corrected chi connectivity index (χ1v) is 9.23. The summed E-state index contributed by atoms with van der Waals surface area (Å²) in [6.45, 7) is 4.19. The van der Waals surface area contributed by atoms with Crippen molar-refractivity contribution in [3.05, 3.63) is 40.4 Å². The summed E-state index contributed by atoms with van der Waals surface area (Å²) in [7, 11) is 1.78. The number of non-ortho nitro benzene ring substituents is 1. The Morgan fingerprint density at radius 2 is 1.83 bits per heavy atom. The molecular formula is C19H21N7O3. The fraction of sp³-hybridized carbons (Fsp3) is 0.316. The fourth-order valence-electron chi connectivity index (χ4n) is 3.67. The van der Waals surface area contributed by atoms with E-state index in [1.807, 2.05) is 11.0 Å². The molecule has 150 valence electrons. The molecule has 1 fully saturated rings. The Balaban J connectivity index is 1.79. The van der Waals surface area contributed by atoms with Crippen molar-refractivity contribution in [3.8, 4) is 11.1 Å². The molecule has 3 heterocycles. The number of nitro benzene ring substituents is 1. The Kier molecular flexibility index (Phi) is 4.53. The SMILES string of the molecule is CC(=O)N1CCN(c2cc(-c3ccc([N+](=O)[O-])cc3)c3c(N)nn(C)c3n2)CC1. The highest BCUT2D eigenvalue weighted by Gasteiger charge is 2.23. The van der Waals surface area contributed by atoms with Crippen molar-refractivity contribution in [1.29, 1.82) is 0 Å². The average molecular weight is 395 g/mol. The molecule has 0 radical (unpaired) electrons. The van der Waals surface area contributed by atoms with Gasteiger partial charge < -0.3 is 15.5 Å². The van der Waals surface area contributed by atoms with Crippen LogP contribution >= 0.6 is 0 Å². The predicted octanol–water partition coefficient (Wildman–Crippen LogP) is 1.79. The lowest BCUT2D eigenvalue weighted by molar-refractivity contribution is -0.384. The smallest absolute Gasteiger partial charge is 0.269 e. The second-order valence-electron chi connectivity index (χ2n) is 7.03. The third-order valence-electron chi connectivity index (χ3n) is 5.25. The van der Waals surface area contributed by atoms with E-state index in [-0.39, 0.29) is 11.6 Å². The van der Waals surface area contributed by atoms with Gasteiger partial charge in [0.2, 0.25) is 5.91 Å². The van der Waals surface area contributed by atoms with Crippen LogP contribution < -0.4 is 10.6 Å². The predicted molar refractivity (Wildman–Crippen MR) is 109 cm³/mol. The molecular weight excluding hydrogens is 374 g/mol. The molecule has 4 rings (SSSR count). The molecule has 3 aromatic rings. The van der Waals surface area contributed by atoms with Gasteiger partial charge in [-0.2, -0.15) is 5.10 Å². The van der Waals surface area contributed by atoms with E-state index in [2.05, 4.69) is 10.00 Å². The topological polar surface area (TPSA) is 123 Å². The summed E-state index contributed by atoms with van der Waals surface area (Å²) >= 11 is 0. The molecule has 2 N–H and O–H groups in total. The quantitative estimate of drug-likeness (QED) is 0.530. The molecule has 0 aliphatic carbocycles. The van der Waals surface area contributed by atoms with Crippen molar-refractivity contribution in [1.82, 2.24) is 19.7 Å². The number of benzene rings is 1. The molecule has 0 spiro atoms. The molecule has 1 aromatic carbocycles. The number of amides is 1. The van der Waals surface area contributed by atoms with E-state index in [1.54, 1.807) is 30.8 Å². The van der Waals surface area contributed by atoms with E-state index >= 15 is 0 Å². The van der Waals surface area contributed by atoms with Crippen LogP contribution in [0.15, 0.2) is 30.3 Å². The molecule has 1 aliphatic rings. The summed E-state index contributed by atoms with van der Waals surface area (Å²) in [5.74, 6) is 1.19. The first-order valence-electron chi connectivity index (χ1n) is 9.23. The summed E-state index contributed by atoms with van der Waals surface area (Å²) in [5, 5.41) is 16.0. The van der Waals surface area contributed by atoms with Gasteiger partial charge in [-0.05, 0) is 23.8 Å². The third-order valence-corrected chi connectivity index (χ3v) is 5.25. The number of aryl methyl sites for hydroxylation is 1. The highest BCUT2D eigenvalue weighted by atomic mass is 16.6. The van der Waals surface area contributed by atoms with Crippen LogP contribution in [0.5, 0.6) is 0 Å². The summed E-state index contributed by atoms with van der Waals surface area (Å²) in [6.07, 6.45) is 0. The van der Waals surface area contributed by atoms with Gasteiger partial charge in [-0.3, -0.25) is 14.9 Å². The van der Waals surface area contributed by atoms with E-state index < -0.39 is 4.92 Å². The number of hydrogen-bond donors (Lipinski definition) is 1. The summed E-state index contributed by atoms with van der Waals surface area (Å²) in [5.41, 5.74) is 8.42. The molecule has 1 amide bonds. The highest BCUT2D eigenvalue weighted by molar-refractivity contribution is 6.01. The molecule has 1 saturated heterocycles. The van der Waals surface area contributed by atoms with Crippen LogP contribution in [0.1, 0.15) is 6.92 Å². The van der Waals surface area contributed by atoms with Crippen LogP contribution in [0.2, 0.25) is 0 Å². The minimum atomic E-state index is -0.426. The standard InChI is InChI=1S/C19H21N7O3/c1-12(27)24-7-9-25(10-8-24)16-11-15(13-3-5-14(6-4-13)26(28)29)17-18(20)22-23(2)19(17)21-16/h3-6,11H,7-10H2,1-2H3,(H2,20,22). The van der Waals surface area contributed by atoms with Crippen LogP contribution in [0.3, 0.4) is 0 Å². The van der Waals surface area contributed by atoms with Gasteiger partial charge in [0.05, 0.1) is 10.3 Å². The molecule has 1 aliphatic heterocycles. The van der Waals surface area contributed by atoms with Gasteiger partial charge in [-0.25, -0.2) is 9.67 Å². The molecule has 0 atom stereocenters. The van der Waals surface area contributed by atoms with Crippen LogP contribution in [0.25, 0.3) is 22.2 Å². The number of anilines is 2. The molecule has 10 heteroatoms. The maximum absolute atomic E-state index is 11.6. The maximum atomic E-state index is 11.6. The number of nitrogens with zero attached hydrogens (tertiary/aromatic N) is 6. The number of pyridine rings is 1. The van der Waals surface area contributed by atoms with Gasteiger partial charge in [-0.1, -0.05) is 0 Å². The Bertz CT molecular complexity index is 1100. The summed E-state index contributed by atoms with van der Waals surface area (Å²) in [6, 6.07) is 8.29. The van der Waals surface area contributed by atoms with E-state index in [1.165, 1.54) is 12.1 Å². The van der Waals surface area contributed by atoms with E-state index in [9.17, 15) is 14.9 Å². The highest BCUT2D eigenvalue weighted by Crippen LogP contribution is 2.35. The van der Waals surface area contributed by atoms with Gasteiger partial charge in [0.25, 0.3) is 5.69 Å². The van der Waals surface area contributed by atoms with E-state index in [0.29, 0.717) is 43.0 Å². The first kappa shape index (κ1) is 18.7. The van der Waals surface area contributed by atoms with Gasteiger partial charge in [0.1, 0.15) is 5.82 Å². The van der Waals surface area contributed by atoms with Crippen molar-refractivity contribution in [3.63, 3.8) is 0 Å². The number of carbonyl (C=O) groups excluding carboxylic acids is 1. The fourth-order valence-corrected chi connectivity index (χ4v) is 3.67. The van der Waals surface area contributed by atoms with Crippen LogP contribution in [-0.2, 0) is 11.8 Å². The first-order chi connectivity index (χ1) is 13.8. The Morgan fingerprint density at radius 3 is 2.41 bits per heavy atom. The van der Waals surface area contributed by atoms with Crippen LogP contribution in [0, 0.1) is 10.1 Å². The summed E-state index contributed by atoms with van der Waals surface area (Å²) in [4.78, 5) is 30.8. The molecule has 29 heavy (non-hydrogen) atoms. The maximum Gasteiger partial charge on any atom is 0.269 e. The molecule has 0 bridgehead atoms. The zero-order valence-electron chi connectivity index (χ0n) is 16.2. The Hall–Kier alpha value is -3.69. The Morgan fingerprint density at radius 1 is 1.17 bits per heavy atom. The van der Waals surface area contributed by atoms with Crippen molar-refractivity contribution in [2.45, 2.75) is 6.92 Å². The molecule has 2 aromatic heterocycles. The zero-order valence-corrected chi connectivity index (χ0v) is 16.2. The van der Waals surface area contributed by atoms with Gasteiger partial charge in [0.15, 0.2) is 11.5 Å². The van der Waals surface area contributed by atoms with Crippen molar-refractivity contribution in [2.24, 2.45) is 7.05 Å². The molecule has 10 nitrogen and oxygen atoms in total.